The summed E-state index contributed by atoms with van der Waals surface area (Å²) >= 11 is 0. The topological polar surface area (TPSA) is 78.3 Å². The van der Waals surface area contributed by atoms with Crippen LogP contribution in [0.1, 0.15) is 36.0 Å². The monoisotopic (exact) mass is 456 g/mol. The van der Waals surface area contributed by atoms with Crippen LogP contribution in [-0.2, 0) is 22.4 Å². The zero-order chi connectivity index (χ0) is 23.3. The second-order valence-corrected chi connectivity index (χ2v) is 8.42. The maximum absolute atomic E-state index is 12.1. The van der Waals surface area contributed by atoms with Crippen molar-refractivity contribution in [3.8, 4) is 5.75 Å². The SMILES string of the molecule is COC(=O)CC(c1ccccn1)n1ccc2cc(OCCc3ccc4c(n3)CCCN4)ccc21. The first-order chi connectivity index (χ1) is 16.7. The Hall–Kier alpha value is -3.87. The molecule has 0 saturated heterocycles. The number of carbonyl (C=O) groups is 1. The number of methoxy groups -OCH3 is 1. The normalized spacial score (nSPS) is 13.7. The minimum absolute atomic E-state index is 0.207. The van der Waals surface area contributed by atoms with Crippen molar-refractivity contribution < 1.29 is 14.3 Å². The van der Waals surface area contributed by atoms with E-state index in [1.54, 1.807) is 6.20 Å². The minimum atomic E-state index is -0.274. The average Bonchev–Trinajstić information content (AvgIpc) is 3.30. The Morgan fingerprint density at radius 2 is 2.12 bits per heavy atom. The predicted octanol–water partition coefficient (Wildman–Crippen LogP) is 4.56. The van der Waals surface area contributed by atoms with Crippen molar-refractivity contribution >= 4 is 22.6 Å². The Bertz CT molecular complexity index is 1290. The number of rotatable bonds is 8. The van der Waals surface area contributed by atoms with Gasteiger partial charge in [-0.2, -0.15) is 0 Å². The number of esters is 1. The number of fused-ring (bicyclic) bond motifs is 2. The standard InChI is InChI=1S/C27H28N4O3/c1-33-27(32)18-26(24-5-2-3-13-29-24)31-15-11-19-17-21(8-10-25(19)31)34-16-12-20-7-9-22-23(30-20)6-4-14-28-22/h2-3,5,7-11,13,15,17,26,28H,4,6,12,14,16,18H2,1H3. The van der Waals surface area contributed by atoms with Gasteiger partial charge in [-0.15, -0.1) is 0 Å². The van der Waals surface area contributed by atoms with E-state index in [0.717, 1.165) is 65.2 Å². The van der Waals surface area contributed by atoms with Crippen LogP contribution < -0.4 is 10.1 Å². The maximum Gasteiger partial charge on any atom is 0.308 e. The van der Waals surface area contributed by atoms with Crippen LogP contribution in [0.3, 0.4) is 0 Å². The van der Waals surface area contributed by atoms with Crippen molar-refractivity contribution in [2.45, 2.75) is 31.7 Å². The fourth-order valence-electron chi connectivity index (χ4n) is 4.45. The maximum atomic E-state index is 12.1. The van der Waals surface area contributed by atoms with Crippen molar-refractivity contribution in [3.05, 3.63) is 84.1 Å². The number of nitrogens with one attached hydrogen (secondary N) is 1. The summed E-state index contributed by atoms with van der Waals surface area (Å²) in [5.41, 5.74) is 5.19. The highest BCUT2D eigenvalue weighted by Crippen LogP contribution is 2.29. The second-order valence-electron chi connectivity index (χ2n) is 8.42. The first-order valence-electron chi connectivity index (χ1n) is 11.6. The molecule has 0 aliphatic carbocycles. The summed E-state index contributed by atoms with van der Waals surface area (Å²) in [6, 6.07) is 17.7. The lowest BCUT2D eigenvalue weighted by Gasteiger charge is -2.19. The van der Waals surface area contributed by atoms with E-state index < -0.39 is 0 Å². The summed E-state index contributed by atoms with van der Waals surface area (Å²) < 4.78 is 13.1. The number of nitrogens with zero attached hydrogens (tertiary/aromatic N) is 3. The van der Waals surface area contributed by atoms with Crippen LogP contribution >= 0.6 is 0 Å². The molecule has 0 amide bonds. The summed E-state index contributed by atoms with van der Waals surface area (Å²) in [5.74, 6) is 0.538. The number of pyridine rings is 2. The molecule has 0 spiro atoms. The largest absolute Gasteiger partial charge is 0.493 e. The predicted molar refractivity (Wildman–Crippen MR) is 131 cm³/mol. The first-order valence-corrected chi connectivity index (χ1v) is 11.6. The van der Waals surface area contributed by atoms with Crippen molar-refractivity contribution in [2.24, 2.45) is 0 Å². The van der Waals surface area contributed by atoms with Crippen molar-refractivity contribution in [1.82, 2.24) is 14.5 Å². The molecule has 174 valence electrons. The Kier molecular flexibility index (Phi) is 6.42. The average molecular weight is 457 g/mol. The lowest BCUT2D eigenvalue weighted by Crippen LogP contribution is -2.16. The van der Waals surface area contributed by atoms with E-state index in [-0.39, 0.29) is 18.4 Å². The quantitative estimate of drug-likeness (QED) is 0.392. The first kappa shape index (κ1) is 21.9. The molecule has 1 N–H and O–H groups in total. The highest BCUT2D eigenvalue weighted by Gasteiger charge is 2.21. The van der Waals surface area contributed by atoms with Gasteiger partial charge in [0.2, 0.25) is 0 Å². The molecule has 0 fully saturated rings. The van der Waals surface area contributed by atoms with E-state index in [1.807, 2.05) is 48.7 Å². The molecule has 4 aromatic rings. The van der Waals surface area contributed by atoms with Crippen molar-refractivity contribution in [3.63, 3.8) is 0 Å². The van der Waals surface area contributed by atoms with Gasteiger partial charge in [-0.3, -0.25) is 14.8 Å². The summed E-state index contributed by atoms with van der Waals surface area (Å²) in [4.78, 5) is 21.4. The van der Waals surface area contributed by atoms with Gasteiger partial charge in [0, 0.05) is 42.0 Å². The van der Waals surface area contributed by atoms with Gasteiger partial charge in [0.15, 0.2) is 0 Å². The summed E-state index contributed by atoms with van der Waals surface area (Å²) in [7, 11) is 1.41. The van der Waals surface area contributed by atoms with Gasteiger partial charge in [-0.1, -0.05) is 6.07 Å². The Morgan fingerprint density at radius 3 is 2.97 bits per heavy atom. The molecular formula is C27H28N4O3. The van der Waals surface area contributed by atoms with Gasteiger partial charge in [0.1, 0.15) is 5.75 Å². The Morgan fingerprint density at radius 1 is 1.18 bits per heavy atom. The highest BCUT2D eigenvalue weighted by atomic mass is 16.5. The zero-order valence-corrected chi connectivity index (χ0v) is 19.2. The van der Waals surface area contributed by atoms with Gasteiger partial charge in [0.05, 0.1) is 43.3 Å². The van der Waals surface area contributed by atoms with E-state index in [4.69, 9.17) is 14.5 Å². The van der Waals surface area contributed by atoms with E-state index in [0.29, 0.717) is 6.61 Å². The second kappa shape index (κ2) is 9.95. The van der Waals surface area contributed by atoms with Gasteiger partial charge >= 0.3 is 5.97 Å². The fourth-order valence-corrected chi connectivity index (χ4v) is 4.45. The van der Waals surface area contributed by atoms with Crippen molar-refractivity contribution in [1.29, 1.82) is 0 Å². The summed E-state index contributed by atoms with van der Waals surface area (Å²) in [5, 5.41) is 4.44. The van der Waals surface area contributed by atoms with Crippen LogP contribution in [0, 0.1) is 0 Å². The van der Waals surface area contributed by atoms with Crippen molar-refractivity contribution in [2.75, 3.05) is 25.6 Å². The lowest BCUT2D eigenvalue weighted by atomic mass is 10.1. The van der Waals surface area contributed by atoms with Gasteiger partial charge in [-0.05, 0) is 61.4 Å². The molecule has 7 heteroatoms. The molecule has 7 nitrogen and oxygen atoms in total. The highest BCUT2D eigenvalue weighted by molar-refractivity contribution is 5.82. The fraction of sp³-hybridized carbons (Fsp3) is 0.296. The third kappa shape index (κ3) is 4.73. The summed E-state index contributed by atoms with van der Waals surface area (Å²) in [6.07, 6.45) is 6.85. The molecule has 4 heterocycles. The molecule has 1 aliphatic rings. The number of carbonyl (C=O) groups excluding carboxylic acids is 1. The third-order valence-corrected chi connectivity index (χ3v) is 6.21. The molecule has 3 aromatic heterocycles. The lowest BCUT2D eigenvalue weighted by molar-refractivity contribution is -0.141. The number of aromatic nitrogens is 3. The zero-order valence-electron chi connectivity index (χ0n) is 19.2. The Labute approximate surface area is 198 Å². The third-order valence-electron chi connectivity index (χ3n) is 6.21. The molecule has 1 aromatic carbocycles. The van der Waals surface area contributed by atoms with Crippen LogP contribution in [0.4, 0.5) is 5.69 Å². The smallest absolute Gasteiger partial charge is 0.308 e. The molecule has 1 aliphatic heterocycles. The molecule has 0 radical (unpaired) electrons. The molecule has 34 heavy (non-hydrogen) atoms. The van der Waals surface area contributed by atoms with Crippen LogP contribution in [0.25, 0.3) is 10.9 Å². The molecule has 0 bridgehead atoms. The van der Waals surface area contributed by atoms with Crippen LogP contribution in [0.15, 0.2) is 67.0 Å². The van der Waals surface area contributed by atoms with E-state index in [1.165, 1.54) is 7.11 Å². The van der Waals surface area contributed by atoms with E-state index in [2.05, 4.69) is 27.0 Å². The van der Waals surface area contributed by atoms with E-state index in [9.17, 15) is 4.79 Å². The molecule has 1 atom stereocenters. The summed E-state index contributed by atoms with van der Waals surface area (Å²) in [6.45, 7) is 1.58. The minimum Gasteiger partial charge on any atom is -0.493 e. The number of ether oxygens (including phenoxy) is 2. The van der Waals surface area contributed by atoms with E-state index >= 15 is 0 Å². The van der Waals surface area contributed by atoms with Crippen LogP contribution in [-0.4, -0.2) is 40.8 Å². The number of benzene rings is 1. The number of anilines is 1. The van der Waals surface area contributed by atoms with Gasteiger partial charge in [-0.25, -0.2) is 0 Å². The number of hydrogen-bond acceptors (Lipinski definition) is 6. The van der Waals surface area contributed by atoms with Crippen LogP contribution in [0.5, 0.6) is 5.75 Å². The Balaban J connectivity index is 1.30. The molecule has 5 rings (SSSR count). The molecule has 1 unspecified atom stereocenters. The van der Waals surface area contributed by atoms with Crippen LogP contribution in [0.2, 0.25) is 0 Å². The number of hydrogen-bond donors (Lipinski definition) is 1. The molecular weight excluding hydrogens is 428 g/mol. The van der Waals surface area contributed by atoms with Gasteiger partial charge in [0.25, 0.3) is 0 Å². The molecule has 0 saturated carbocycles. The number of aryl methyl sites for hydroxylation is 1. The van der Waals surface area contributed by atoms with Gasteiger partial charge < -0.3 is 19.4 Å².